The Bertz CT molecular complexity index is 635. The van der Waals surface area contributed by atoms with E-state index < -0.39 is 0 Å². The average molecular weight is 300 g/mol. The van der Waals surface area contributed by atoms with E-state index in [9.17, 15) is 0 Å². The summed E-state index contributed by atoms with van der Waals surface area (Å²) in [4.78, 5) is 0. The van der Waals surface area contributed by atoms with Gasteiger partial charge >= 0.3 is 0 Å². The highest BCUT2D eigenvalue weighted by molar-refractivity contribution is 6.31. The van der Waals surface area contributed by atoms with Crippen LogP contribution in [-0.4, -0.2) is 13.1 Å². The summed E-state index contributed by atoms with van der Waals surface area (Å²) in [5.74, 6) is 0.587. The van der Waals surface area contributed by atoms with Gasteiger partial charge in [-0.15, -0.1) is 0 Å². The predicted octanol–water partition coefficient (Wildman–Crippen LogP) is 4.51. The van der Waals surface area contributed by atoms with E-state index in [2.05, 4.69) is 61.8 Å². The summed E-state index contributed by atoms with van der Waals surface area (Å²) in [6, 6.07) is 15.7. The van der Waals surface area contributed by atoms with Gasteiger partial charge in [0.15, 0.2) is 0 Å². The number of hydrogen-bond acceptors (Lipinski definition) is 1. The van der Waals surface area contributed by atoms with Crippen molar-refractivity contribution >= 4 is 11.6 Å². The molecule has 0 amide bonds. The Labute approximate surface area is 132 Å². The third kappa shape index (κ3) is 3.00. The number of likely N-dealkylation sites (N-methyl/N-ethyl adjacent to an activating group) is 1. The second kappa shape index (κ2) is 6.21. The van der Waals surface area contributed by atoms with Crippen LogP contribution in [0, 0.1) is 6.92 Å². The summed E-state index contributed by atoms with van der Waals surface area (Å²) in [6.07, 6.45) is 3.41. The molecule has 1 nitrogen and oxygen atoms in total. The van der Waals surface area contributed by atoms with Gasteiger partial charge in [0.2, 0.25) is 0 Å². The van der Waals surface area contributed by atoms with Crippen LogP contribution in [0.4, 0.5) is 0 Å². The van der Waals surface area contributed by atoms with Crippen molar-refractivity contribution in [3.8, 4) is 0 Å². The number of fused-ring (bicyclic) bond motifs is 1. The maximum atomic E-state index is 6.41. The molecule has 0 radical (unpaired) electrons. The molecule has 0 saturated heterocycles. The van der Waals surface area contributed by atoms with Crippen LogP contribution in [0.5, 0.6) is 0 Å². The second-order valence-corrected chi connectivity index (χ2v) is 6.45. The molecule has 110 valence electrons. The van der Waals surface area contributed by atoms with Crippen molar-refractivity contribution in [1.29, 1.82) is 0 Å². The summed E-state index contributed by atoms with van der Waals surface area (Å²) >= 11 is 6.41. The van der Waals surface area contributed by atoms with Crippen LogP contribution in [0.2, 0.25) is 5.02 Å². The molecule has 2 heteroatoms. The highest BCUT2D eigenvalue weighted by Crippen LogP contribution is 2.36. The first-order valence-corrected chi connectivity index (χ1v) is 8.07. The topological polar surface area (TPSA) is 12.0 Å². The zero-order chi connectivity index (χ0) is 14.8. The van der Waals surface area contributed by atoms with E-state index in [-0.39, 0.29) is 0 Å². The van der Waals surface area contributed by atoms with Crippen LogP contribution in [0.1, 0.15) is 34.6 Å². The molecule has 1 N–H and O–H groups in total. The SMILES string of the molecule is CNC(Cc1ccc(C)cc1Cl)C1CCc2ccccc21. The van der Waals surface area contributed by atoms with E-state index in [0.717, 1.165) is 11.4 Å². The zero-order valence-corrected chi connectivity index (χ0v) is 13.5. The van der Waals surface area contributed by atoms with Crippen molar-refractivity contribution in [2.24, 2.45) is 0 Å². The molecule has 1 aliphatic rings. The Kier molecular flexibility index (Phi) is 4.32. The van der Waals surface area contributed by atoms with Gasteiger partial charge in [-0.2, -0.15) is 0 Å². The number of aryl methyl sites for hydroxylation is 2. The largest absolute Gasteiger partial charge is 0.316 e. The van der Waals surface area contributed by atoms with Gasteiger partial charge in [0, 0.05) is 17.0 Å². The molecule has 3 rings (SSSR count). The number of nitrogens with one attached hydrogen (secondary N) is 1. The summed E-state index contributed by atoms with van der Waals surface area (Å²) in [5.41, 5.74) is 5.49. The van der Waals surface area contributed by atoms with Crippen molar-refractivity contribution in [1.82, 2.24) is 5.32 Å². The first-order chi connectivity index (χ1) is 10.2. The molecule has 0 aliphatic heterocycles. The quantitative estimate of drug-likeness (QED) is 0.876. The van der Waals surface area contributed by atoms with Crippen LogP contribution in [0.15, 0.2) is 42.5 Å². The van der Waals surface area contributed by atoms with Gasteiger partial charge in [-0.25, -0.2) is 0 Å². The number of rotatable bonds is 4. The summed E-state index contributed by atoms with van der Waals surface area (Å²) < 4.78 is 0. The lowest BCUT2D eigenvalue weighted by Crippen LogP contribution is -2.33. The average Bonchev–Trinajstić information content (AvgIpc) is 2.91. The van der Waals surface area contributed by atoms with Crippen LogP contribution < -0.4 is 5.32 Å². The zero-order valence-electron chi connectivity index (χ0n) is 12.7. The number of benzene rings is 2. The highest BCUT2D eigenvalue weighted by atomic mass is 35.5. The maximum Gasteiger partial charge on any atom is 0.0441 e. The van der Waals surface area contributed by atoms with Crippen LogP contribution in [0.25, 0.3) is 0 Å². The molecule has 0 saturated carbocycles. The molecule has 0 spiro atoms. The Morgan fingerprint density at radius 2 is 2.05 bits per heavy atom. The van der Waals surface area contributed by atoms with Crippen LogP contribution >= 0.6 is 11.6 Å². The molecular formula is C19H22ClN. The summed E-state index contributed by atoms with van der Waals surface area (Å²) in [7, 11) is 2.06. The standard InChI is InChI=1S/C19H22ClN/c1-13-7-8-15(18(20)11-13)12-19(21-2)17-10-9-14-5-3-4-6-16(14)17/h3-8,11,17,19,21H,9-10,12H2,1-2H3. The number of hydrogen-bond donors (Lipinski definition) is 1. The van der Waals surface area contributed by atoms with Gasteiger partial charge in [-0.3, -0.25) is 0 Å². The van der Waals surface area contributed by atoms with Crippen molar-refractivity contribution in [2.75, 3.05) is 7.05 Å². The van der Waals surface area contributed by atoms with Crippen molar-refractivity contribution in [3.05, 3.63) is 69.7 Å². The van der Waals surface area contributed by atoms with Gasteiger partial charge in [0.05, 0.1) is 0 Å². The minimum Gasteiger partial charge on any atom is -0.316 e. The van der Waals surface area contributed by atoms with Crippen molar-refractivity contribution in [2.45, 2.75) is 38.1 Å². The fourth-order valence-corrected chi connectivity index (χ4v) is 3.82. The fraction of sp³-hybridized carbons (Fsp3) is 0.368. The molecule has 2 atom stereocenters. The van der Waals surface area contributed by atoms with Crippen molar-refractivity contribution in [3.63, 3.8) is 0 Å². The van der Waals surface area contributed by atoms with Crippen molar-refractivity contribution < 1.29 is 0 Å². The van der Waals surface area contributed by atoms with Gasteiger partial charge in [-0.1, -0.05) is 48.0 Å². The van der Waals surface area contributed by atoms with E-state index in [4.69, 9.17) is 11.6 Å². The van der Waals surface area contributed by atoms with E-state index >= 15 is 0 Å². The second-order valence-electron chi connectivity index (χ2n) is 6.04. The Balaban J connectivity index is 1.83. The molecule has 0 fully saturated rings. The van der Waals surface area contributed by atoms with E-state index in [1.807, 2.05) is 0 Å². The molecule has 0 heterocycles. The predicted molar refractivity (Wildman–Crippen MR) is 90.2 cm³/mol. The monoisotopic (exact) mass is 299 g/mol. The lowest BCUT2D eigenvalue weighted by Gasteiger charge is -2.25. The lowest BCUT2D eigenvalue weighted by atomic mass is 9.88. The third-order valence-corrected chi connectivity index (χ3v) is 5.04. The van der Waals surface area contributed by atoms with E-state index in [0.29, 0.717) is 12.0 Å². The van der Waals surface area contributed by atoms with Crippen LogP contribution in [-0.2, 0) is 12.8 Å². The first kappa shape index (κ1) is 14.6. The molecule has 1 aliphatic carbocycles. The highest BCUT2D eigenvalue weighted by Gasteiger charge is 2.29. The molecule has 2 unspecified atom stereocenters. The maximum absolute atomic E-state index is 6.41. The van der Waals surface area contributed by atoms with Gasteiger partial charge in [0.25, 0.3) is 0 Å². The molecule has 21 heavy (non-hydrogen) atoms. The van der Waals surface area contributed by atoms with Gasteiger partial charge in [-0.05, 0) is 61.6 Å². The lowest BCUT2D eigenvalue weighted by molar-refractivity contribution is 0.456. The fourth-order valence-electron chi connectivity index (χ4n) is 3.51. The van der Waals surface area contributed by atoms with Crippen LogP contribution in [0.3, 0.4) is 0 Å². The summed E-state index contributed by atoms with van der Waals surface area (Å²) in [6.45, 7) is 2.08. The minimum atomic E-state index is 0.439. The molecule has 0 bridgehead atoms. The number of halogens is 1. The molecule has 2 aromatic carbocycles. The Morgan fingerprint density at radius 3 is 2.81 bits per heavy atom. The summed E-state index contributed by atoms with van der Waals surface area (Å²) in [5, 5.41) is 4.41. The van der Waals surface area contributed by atoms with E-state index in [1.54, 1.807) is 0 Å². The first-order valence-electron chi connectivity index (χ1n) is 7.69. The normalized spacial score (nSPS) is 18.5. The van der Waals surface area contributed by atoms with E-state index in [1.165, 1.54) is 35.1 Å². The Hall–Kier alpha value is -1.31. The molecule has 2 aromatic rings. The third-order valence-electron chi connectivity index (χ3n) is 4.68. The van der Waals surface area contributed by atoms with Gasteiger partial charge < -0.3 is 5.32 Å². The molecular weight excluding hydrogens is 278 g/mol. The molecule has 0 aromatic heterocycles. The Morgan fingerprint density at radius 1 is 1.24 bits per heavy atom. The smallest absolute Gasteiger partial charge is 0.0441 e. The minimum absolute atomic E-state index is 0.439. The van der Waals surface area contributed by atoms with Gasteiger partial charge in [0.1, 0.15) is 0 Å².